The lowest BCUT2D eigenvalue weighted by Gasteiger charge is -2.16. The largest absolute Gasteiger partial charge is 0.561 e. The topological polar surface area (TPSA) is 126 Å². The molecule has 1 atom stereocenters. The Hall–Kier alpha value is -3.36. The van der Waals surface area contributed by atoms with Gasteiger partial charge in [-0.05, 0) is 17.7 Å². The van der Waals surface area contributed by atoms with Gasteiger partial charge in [-0.3, -0.25) is 4.79 Å². The van der Waals surface area contributed by atoms with Crippen molar-refractivity contribution in [2.45, 2.75) is 29.7 Å². The number of halogens is 9. The Labute approximate surface area is 213 Å². The van der Waals surface area contributed by atoms with Crippen molar-refractivity contribution < 1.29 is 78.6 Å². The maximum Gasteiger partial charge on any atom is 0.561 e. The number of aromatic amines is 1. The third kappa shape index (κ3) is 6.45. The molecule has 1 heterocycles. The zero-order valence-electron chi connectivity index (χ0n) is 19.2. The molecule has 0 aliphatic heterocycles. The maximum absolute atomic E-state index is 13.5. The summed E-state index contributed by atoms with van der Waals surface area (Å²) in [4.78, 5) is 14.8. The van der Waals surface area contributed by atoms with Gasteiger partial charge in [0.1, 0.15) is 19.0 Å². The number of imidazole rings is 1. The van der Waals surface area contributed by atoms with Crippen LogP contribution in [0, 0.1) is 0 Å². The number of alkyl halides is 9. The van der Waals surface area contributed by atoms with Gasteiger partial charge in [-0.1, -0.05) is 12.1 Å². The average Bonchev–Trinajstić information content (AvgIpc) is 3.20. The fourth-order valence-corrected chi connectivity index (χ4v) is 5.60. The lowest BCUT2D eigenvalue weighted by Crippen LogP contribution is -2.50. The number of esters is 1. The molecule has 0 spiro atoms. The fraction of sp³-hybridized carbons (Fsp3) is 0.389. The Morgan fingerprint density at radius 3 is 1.79 bits per heavy atom. The third-order valence-electron chi connectivity index (χ3n) is 4.74. The van der Waals surface area contributed by atoms with E-state index in [2.05, 4.69) is 9.72 Å². The minimum Gasteiger partial charge on any atom is -0.468 e. The van der Waals surface area contributed by atoms with E-state index in [9.17, 15) is 61.1 Å². The Bertz CT molecular complexity index is 1410. The fourth-order valence-electron chi connectivity index (χ4n) is 2.89. The van der Waals surface area contributed by atoms with Crippen LogP contribution in [0.1, 0.15) is 22.9 Å². The summed E-state index contributed by atoms with van der Waals surface area (Å²) in [6, 6.07) is 2.20. The summed E-state index contributed by atoms with van der Waals surface area (Å²) in [7, 11) is -13.4. The molecule has 0 amide bonds. The molecule has 0 radical (unpaired) electrons. The monoisotopic (exact) mass is 621 g/mol. The van der Waals surface area contributed by atoms with Crippen molar-refractivity contribution in [3.63, 3.8) is 0 Å². The Morgan fingerprint density at radius 1 is 0.949 bits per heavy atom. The van der Waals surface area contributed by atoms with Crippen molar-refractivity contribution in [3.05, 3.63) is 53.6 Å². The van der Waals surface area contributed by atoms with Crippen LogP contribution in [0.5, 0.6) is 0 Å². The average molecular weight is 621 g/mol. The predicted octanol–water partition coefficient (Wildman–Crippen LogP) is 2.44. The summed E-state index contributed by atoms with van der Waals surface area (Å²) < 4.78 is 176. The zero-order chi connectivity index (χ0) is 30.2. The molecule has 0 aliphatic carbocycles. The number of sulfonamides is 2. The number of benzene rings is 1. The molecule has 0 saturated heterocycles. The molecule has 39 heavy (non-hydrogen) atoms. The first-order valence-electron chi connectivity index (χ1n) is 9.77. The first-order valence-corrected chi connectivity index (χ1v) is 12.6. The molecule has 21 heteroatoms. The second kappa shape index (κ2) is 10.7. The van der Waals surface area contributed by atoms with Gasteiger partial charge in [0.05, 0.1) is 23.1 Å². The number of aryl methyl sites for hydroxylation is 1. The maximum atomic E-state index is 13.5. The molecule has 0 saturated carbocycles. The first kappa shape index (κ1) is 31.9. The van der Waals surface area contributed by atoms with Crippen molar-refractivity contribution in [2.75, 3.05) is 7.11 Å². The molecule has 1 unspecified atom stereocenters. The second-order valence-corrected chi connectivity index (χ2v) is 11.1. The van der Waals surface area contributed by atoms with Crippen LogP contribution in [-0.2, 0) is 54.1 Å². The summed E-state index contributed by atoms with van der Waals surface area (Å²) >= 11 is 0. The predicted molar refractivity (Wildman–Crippen MR) is 108 cm³/mol. The van der Waals surface area contributed by atoms with Crippen LogP contribution in [0.2, 0.25) is 0 Å². The number of hydrogen-bond donors (Lipinski definition) is 1. The molecule has 2 rings (SSSR count). The molecule has 0 aliphatic rings. The molecule has 0 bridgehead atoms. The molecular formula is C18H16F9N3O7S2+2. The van der Waals surface area contributed by atoms with Gasteiger partial charge in [-0.25, -0.2) is 9.55 Å². The third-order valence-corrected chi connectivity index (χ3v) is 8.32. The molecule has 1 aromatic carbocycles. The van der Waals surface area contributed by atoms with Crippen molar-refractivity contribution in [2.24, 2.45) is 7.05 Å². The van der Waals surface area contributed by atoms with Crippen LogP contribution in [0.4, 0.5) is 39.5 Å². The van der Waals surface area contributed by atoms with Gasteiger partial charge in [0.15, 0.2) is 0 Å². The smallest absolute Gasteiger partial charge is 0.468 e. The number of H-pyrrole nitrogens is 1. The van der Waals surface area contributed by atoms with Crippen LogP contribution in [-0.4, -0.2) is 55.2 Å². The molecule has 218 valence electrons. The number of nitrogens with one attached hydrogen (secondary N) is 1. The van der Waals surface area contributed by atoms with Crippen molar-refractivity contribution in [3.8, 4) is 0 Å². The Morgan fingerprint density at radius 2 is 1.44 bits per heavy atom. The van der Waals surface area contributed by atoms with Crippen molar-refractivity contribution >= 4 is 31.9 Å². The number of aromatic nitrogens is 2. The highest BCUT2D eigenvalue weighted by Gasteiger charge is 2.70. The van der Waals surface area contributed by atoms with Gasteiger partial charge in [0.2, 0.25) is 0 Å². The van der Waals surface area contributed by atoms with E-state index >= 15 is 0 Å². The van der Waals surface area contributed by atoms with Crippen LogP contribution in [0.3, 0.4) is 0 Å². The molecule has 10 nitrogen and oxygen atoms in total. The van der Waals surface area contributed by atoms with Crippen LogP contribution in [0.25, 0.3) is 0 Å². The van der Waals surface area contributed by atoms with Crippen LogP contribution >= 0.6 is 0 Å². The van der Waals surface area contributed by atoms with Gasteiger partial charge >= 0.3 is 49.1 Å². The van der Waals surface area contributed by atoms with Crippen molar-refractivity contribution in [1.82, 2.24) is 4.98 Å². The van der Waals surface area contributed by atoms with Crippen molar-refractivity contribution in [1.29, 1.82) is 0 Å². The number of methoxy groups -OCH3 is 1. The highest BCUT2D eigenvalue weighted by Crippen LogP contribution is 2.35. The number of rotatable bonds is 7. The number of carbonyl (C=O) groups excluding carboxylic acids is 1. The summed E-state index contributed by atoms with van der Waals surface area (Å²) in [6.45, 7) is -1.30. The number of carbonyl (C=O) groups is 1. The normalized spacial score (nSPS) is 14.0. The lowest BCUT2D eigenvalue weighted by molar-refractivity contribution is -0.678. The summed E-state index contributed by atoms with van der Waals surface area (Å²) in [5.74, 6) is -7.47. The molecule has 0 fully saturated rings. The number of ether oxygens (including phenoxy) is 2. The van der Waals surface area contributed by atoms with E-state index in [0.717, 1.165) is 24.0 Å². The first-order chi connectivity index (χ1) is 17.6. The second-order valence-electron chi connectivity index (χ2n) is 7.33. The Balaban J connectivity index is 2.98. The standard InChI is InChI=1S/C18H15F9N3O7S2/c1-29-8-7-28-13(29)12(15(31)36-2)14(37-9-10-3-5-11(6-4-10)16(19,20)21)30(38(32,33)17(22,23)24)39(34,35)18(25,26)27/h3-8,12H,9H2,1-2H3/q+1/p+1. The summed E-state index contributed by atoms with van der Waals surface area (Å²) in [5.41, 5.74) is -15.0. The van der Waals surface area contributed by atoms with Crippen LogP contribution in [0.15, 0.2) is 36.7 Å². The van der Waals surface area contributed by atoms with E-state index in [0.29, 0.717) is 31.4 Å². The minimum atomic E-state index is -7.52. The van der Waals surface area contributed by atoms with E-state index in [-0.39, 0.29) is 0 Å². The number of nitrogens with zero attached hydrogens (tertiary/aromatic N) is 2. The van der Waals surface area contributed by atoms with Crippen LogP contribution < -0.4 is 4.57 Å². The van der Waals surface area contributed by atoms with E-state index in [1.807, 2.05) is 0 Å². The van der Waals surface area contributed by atoms with Gasteiger partial charge in [-0.15, -0.1) is 0 Å². The highest BCUT2D eigenvalue weighted by atomic mass is 32.3. The minimum absolute atomic E-state index is 0.409. The van der Waals surface area contributed by atoms with E-state index in [1.165, 1.54) is 0 Å². The summed E-state index contributed by atoms with van der Waals surface area (Å²) in [6.07, 6.45) is -2.80. The van der Waals surface area contributed by atoms with E-state index in [1.54, 1.807) is 0 Å². The van der Waals surface area contributed by atoms with Gasteiger partial charge in [-0.2, -0.15) is 56.3 Å². The highest BCUT2D eigenvalue weighted by molar-refractivity contribution is 7.98. The van der Waals surface area contributed by atoms with Gasteiger partial charge in [0.25, 0.3) is 11.7 Å². The molecule has 1 N–H and O–H groups in total. The quantitative estimate of drug-likeness (QED) is 0.166. The lowest BCUT2D eigenvalue weighted by atomic mass is 10.1. The van der Waals surface area contributed by atoms with Gasteiger partial charge < -0.3 is 9.47 Å². The van der Waals surface area contributed by atoms with E-state index < -0.39 is 82.0 Å². The molecule has 1 aromatic heterocycles. The SMILES string of the molecule is COC(=O)C(C(OCc1ccc(C(F)(F)F)cc1)=[N+](S(=O)(=O)C(F)(F)F)S(=O)(=O)C(F)(F)F)c1[nH]cc[n+]1C. The summed E-state index contributed by atoms with van der Waals surface area (Å²) in [5, 5.41) is 0. The van der Waals surface area contributed by atoms with Gasteiger partial charge in [0, 0.05) is 0 Å². The number of hydrogen-bond acceptors (Lipinski definition) is 7. The molecule has 2 aromatic rings. The molecular weight excluding hydrogens is 605 g/mol. The van der Waals surface area contributed by atoms with E-state index in [4.69, 9.17) is 4.74 Å². The zero-order valence-corrected chi connectivity index (χ0v) is 20.9. The Kier molecular flexibility index (Phi) is 8.71.